The Morgan fingerprint density at radius 1 is 1.30 bits per heavy atom. The van der Waals surface area contributed by atoms with E-state index in [1.54, 1.807) is 0 Å². The SMILES string of the molecule is [B]c1nc(Cl)nc(Nc2ccc(S(=O)(=O)O)c(N)c2)n1. The number of hydrogen-bond acceptors (Lipinski definition) is 7. The molecule has 11 heteroatoms. The average Bonchev–Trinajstić information content (AvgIpc) is 2.25. The van der Waals surface area contributed by atoms with Crippen LogP contribution in [0.25, 0.3) is 0 Å². The molecule has 0 spiro atoms. The molecule has 0 aliphatic carbocycles. The van der Waals surface area contributed by atoms with E-state index in [4.69, 9.17) is 29.7 Å². The van der Waals surface area contributed by atoms with Crippen LogP contribution >= 0.6 is 11.6 Å². The Balaban J connectivity index is 2.33. The number of nitrogens with one attached hydrogen (secondary N) is 1. The first-order chi connectivity index (χ1) is 9.25. The van der Waals surface area contributed by atoms with Crippen molar-refractivity contribution in [1.82, 2.24) is 15.0 Å². The number of aromatic nitrogens is 3. The molecule has 0 unspecified atom stereocenters. The van der Waals surface area contributed by atoms with Crippen molar-refractivity contribution in [3.05, 3.63) is 23.5 Å². The number of halogens is 1. The normalized spacial score (nSPS) is 11.3. The molecule has 1 aromatic heterocycles. The van der Waals surface area contributed by atoms with E-state index in [1.807, 2.05) is 0 Å². The topological polar surface area (TPSA) is 131 Å². The average molecular weight is 312 g/mol. The first-order valence-electron chi connectivity index (χ1n) is 5.07. The Bertz CT molecular complexity index is 750. The summed E-state index contributed by atoms with van der Waals surface area (Å²) in [5.41, 5.74) is 5.72. The predicted molar refractivity (Wildman–Crippen MR) is 74.2 cm³/mol. The Morgan fingerprint density at radius 3 is 2.55 bits per heavy atom. The van der Waals surface area contributed by atoms with Gasteiger partial charge < -0.3 is 11.1 Å². The van der Waals surface area contributed by atoms with Gasteiger partial charge in [-0.1, -0.05) is 0 Å². The summed E-state index contributed by atoms with van der Waals surface area (Å²) in [6, 6.07) is 3.80. The summed E-state index contributed by atoms with van der Waals surface area (Å²) in [5.74, 6) is 0.0708. The standard InChI is InChI=1S/C9H7BClN5O3S/c10-7-14-8(11)16-9(15-7)13-4-1-2-6(5(12)3-4)20(17,18)19/h1-3H,12H2,(H,17,18,19)(H,13,14,15,16). The number of nitrogen functional groups attached to an aromatic ring is 1. The van der Waals surface area contributed by atoms with Gasteiger partial charge in [-0.25, -0.2) is 9.97 Å². The lowest BCUT2D eigenvalue weighted by Gasteiger charge is -2.08. The van der Waals surface area contributed by atoms with Crippen molar-refractivity contribution in [2.24, 2.45) is 0 Å². The van der Waals surface area contributed by atoms with Gasteiger partial charge in [0.05, 0.1) is 11.4 Å². The first-order valence-corrected chi connectivity index (χ1v) is 6.88. The number of benzene rings is 1. The fourth-order valence-electron chi connectivity index (χ4n) is 1.41. The molecule has 0 saturated heterocycles. The third-order valence-electron chi connectivity index (χ3n) is 2.17. The molecule has 0 aliphatic rings. The molecule has 1 aromatic carbocycles. The van der Waals surface area contributed by atoms with E-state index in [9.17, 15) is 8.42 Å². The zero-order chi connectivity index (χ0) is 14.9. The van der Waals surface area contributed by atoms with E-state index < -0.39 is 15.0 Å². The Labute approximate surface area is 120 Å². The van der Waals surface area contributed by atoms with Crippen LogP contribution in [-0.2, 0) is 10.1 Å². The summed E-state index contributed by atoms with van der Waals surface area (Å²) in [6.07, 6.45) is 0. The van der Waals surface area contributed by atoms with Crippen LogP contribution < -0.4 is 16.8 Å². The van der Waals surface area contributed by atoms with Gasteiger partial charge in [0.1, 0.15) is 4.90 Å². The molecule has 0 bridgehead atoms. The number of nitrogens with two attached hydrogens (primary N) is 1. The minimum Gasteiger partial charge on any atom is -0.398 e. The molecule has 2 radical (unpaired) electrons. The van der Waals surface area contributed by atoms with Crippen molar-refractivity contribution in [2.75, 3.05) is 11.1 Å². The number of anilines is 3. The fourth-order valence-corrected chi connectivity index (χ4v) is 2.17. The second-order valence-electron chi connectivity index (χ2n) is 3.64. The van der Waals surface area contributed by atoms with Crippen molar-refractivity contribution in [2.45, 2.75) is 4.90 Å². The van der Waals surface area contributed by atoms with Crippen LogP contribution in [0, 0.1) is 0 Å². The molecule has 1 heterocycles. The zero-order valence-electron chi connectivity index (χ0n) is 9.78. The van der Waals surface area contributed by atoms with Gasteiger partial charge in [-0.2, -0.15) is 13.4 Å². The van der Waals surface area contributed by atoms with Crippen LogP contribution in [0.15, 0.2) is 23.1 Å². The van der Waals surface area contributed by atoms with Crippen molar-refractivity contribution in [1.29, 1.82) is 0 Å². The second kappa shape index (κ2) is 5.23. The molecule has 20 heavy (non-hydrogen) atoms. The Kier molecular flexibility index (Phi) is 3.79. The first kappa shape index (κ1) is 14.5. The maximum absolute atomic E-state index is 11.0. The summed E-state index contributed by atoms with van der Waals surface area (Å²) >= 11 is 5.61. The molecule has 2 aromatic rings. The molecule has 0 atom stereocenters. The lowest BCUT2D eigenvalue weighted by Crippen LogP contribution is -2.16. The molecule has 102 valence electrons. The van der Waals surface area contributed by atoms with Crippen molar-refractivity contribution < 1.29 is 13.0 Å². The predicted octanol–water partition coefficient (Wildman–Crippen LogP) is -0.109. The number of rotatable bonds is 3. The molecule has 4 N–H and O–H groups in total. The maximum atomic E-state index is 11.0. The lowest BCUT2D eigenvalue weighted by molar-refractivity contribution is 0.483. The van der Waals surface area contributed by atoms with E-state index in [-0.39, 0.29) is 22.6 Å². The van der Waals surface area contributed by atoms with Crippen LogP contribution in [-0.4, -0.2) is 35.8 Å². The molecule has 0 aliphatic heterocycles. The molecular weight excluding hydrogens is 304 g/mol. The zero-order valence-corrected chi connectivity index (χ0v) is 11.4. The van der Waals surface area contributed by atoms with Gasteiger partial charge in [0, 0.05) is 5.69 Å². The molecular formula is C9H7BClN5O3S. The second-order valence-corrected chi connectivity index (χ2v) is 5.37. The maximum Gasteiger partial charge on any atom is 0.296 e. The highest BCUT2D eigenvalue weighted by atomic mass is 35.5. The smallest absolute Gasteiger partial charge is 0.296 e. The van der Waals surface area contributed by atoms with Crippen molar-refractivity contribution in [3.8, 4) is 0 Å². The Hall–Kier alpha value is -1.91. The molecule has 2 rings (SSSR count). The van der Waals surface area contributed by atoms with Gasteiger partial charge in [-0.15, -0.1) is 0 Å². The minimum atomic E-state index is -4.37. The largest absolute Gasteiger partial charge is 0.398 e. The van der Waals surface area contributed by atoms with Gasteiger partial charge in [0.15, 0.2) is 7.85 Å². The van der Waals surface area contributed by atoms with Crippen LogP contribution in [0.3, 0.4) is 0 Å². The van der Waals surface area contributed by atoms with E-state index in [0.717, 1.165) is 6.07 Å². The quantitative estimate of drug-likeness (QED) is 0.406. The number of nitrogens with zero attached hydrogens (tertiary/aromatic N) is 3. The van der Waals surface area contributed by atoms with Gasteiger partial charge in [0.2, 0.25) is 11.2 Å². The van der Waals surface area contributed by atoms with Gasteiger partial charge >= 0.3 is 0 Å². The van der Waals surface area contributed by atoms with Crippen LogP contribution in [0.4, 0.5) is 17.3 Å². The minimum absolute atomic E-state index is 0.0708. The third kappa shape index (κ3) is 3.35. The van der Waals surface area contributed by atoms with Crippen molar-refractivity contribution in [3.63, 3.8) is 0 Å². The van der Waals surface area contributed by atoms with Crippen LogP contribution in [0.1, 0.15) is 0 Å². The van der Waals surface area contributed by atoms with Gasteiger partial charge in [-0.05, 0) is 29.8 Å². The summed E-state index contributed by atoms with van der Waals surface area (Å²) in [7, 11) is 1.03. The van der Waals surface area contributed by atoms with E-state index in [1.165, 1.54) is 12.1 Å². The Morgan fingerprint density at radius 2 is 2.00 bits per heavy atom. The van der Waals surface area contributed by atoms with Gasteiger partial charge in [0.25, 0.3) is 10.1 Å². The van der Waals surface area contributed by atoms with E-state index in [2.05, 4.69) is 20.3 Å². The molecule has 0 saturated carbocycles. The van der Waals surface area contributed by atoms with Gasteiger partial charge in [-0.3, -0.25) is 4.55 Å². The number of hydrogen-bond donors (Lipinski definition) is 3. The lowest BCUT2D eigenvalue weighted by atomic mass is 10.1. The van der Waals surface area contributed by atoms with Crippen molar-refractivity contribution >= 4 is 52.6 Å². The summed E-state index contributed by atoms with van der Waals surface area (Å²) in [6.45, 7) is 0. The van der Waals surface area contributed by atoms with Crippen LogP contribution in [0.5, 0.6) is 0 Å². The highest BCUT2D eigenvalue weighted by molar-refractivity contribution is 7.86. The van der Waals surface area contributed by atoms with E-state index >= 15 is 0 Å². The molecule has 8 nitrogen and oxygen atoms in total. The monoisotopic (exact) mass is 311 g/mol. The molecule has 0 amide bonds. The fraction of sp³-hybridized carbons (Fsp3) is 0. The highest BCUT2D eigenvalue weighted by Gasteiger charge is 2.14. The summed E-state index contributed by atoms with van der Waals surface area (Å²) < 4.78 is 30.9. The highest BCUT2D eigenvalue weighted by Crippen LogP contribution is 2.23. The summed E-state index contributed by atoms with van der Waals surface area (Å²) in [4.78, 5) is 10.7. The van der Waals surface area contributed by atoms with Crippen LogP contribution in [0.2, 0.25) is 5.28 Å². The van der Waals surface area contributed by atoms with E-state index in [0.29, 0.717) is 5.69 Å². The third-order valence-corrected chi connectivity index (χ3v) is 3.27. The molecule has 0 fully saturated rings. The summed E-state index contributed by atoms with van der Waals surface area (Å²) in [5, 5.41) is 2.63.